The van der Waals surface area contributed by atoms with E-state index >= 15 is 0 Å². The first-order valence-corrected chi connectivity index (χ1v) is 8.52. The standard InChI is InChI=1S/C19H16ClF3O4/c20-14-6-12-8-15(18(24)25)17(19(21,22)23)27-16(12)13(7-14)10-26-9-11-4-2-1-3-5-11/h1-7,15,17H,8-10H2,(H,24,25). The van der Waals surface area contributed by atoms with E-state index in [9.17, 15) is 18.0 Å². The summed E-state index contributed by atoms with van der Waals surface area (Å²) in [7, 11) is 0. The SMILES string of the molecule is O=C(O)C1Cc2cc(Cl)cc(COCc3ccccc3)c2OC1C(F)(F)F. The molecule has 0 aliphatic carbocycles. The van der Waals surface area contributed by atoms with Gasteiger partial charge in [-0.3, -0.25) is 4.79 Å². The molecular formula is C19H16ClF3O4. The molecule has 1 heterocycles. The van der Waals surface area contributed by atoms with Crippen LogP contribution in [-0.2, 0) is 29.2 Å². The maximum Gasteiger partial charge on any atom is 0.426 e. The van der Waals surface area contributed by atoms with Gasteiger partial charge >= 0.3 is 12.1 Å². The second-order valence-corrected chi connectivity index (χ2v) is 6.70. The van der Waals surface area contributed by atoms with E-state index in [2.05, 4.69) is 0 Å². The van der Waals surface area contributed by atoms with Crippen molar-refractivity contribution in [3.63, 3.8) is 0 Å². The minimum absolute atomic E-state index is 0.00714. The third-order valence-electron chi connectivity index (χ3n) is 4.27. The summed E-state index contributed by atoms with van der Waals surface area (Å²) < 4.78 is 50.6. The lowest BCUT2D eigenvalue weighted by Gasteiger charge is -2.33. The summed E-state index contributed by atoms with van der Waals surface area (Å²) in [5.41, 5.74) is 1.59. The molecule has 4 nitrogen and oxygen atoms in total. The normalized spacial score (nSPS) is 19.3. The fraction of sp³-hybridized carbons (Fsp3) is 0.316. The Bertz CT molecular complexity index is 824. The number of halogens is 4. The summed E-state index contributed by atoms with van der Waals surface area (Å²) in [4.78, 5) is 11.3. The third-order valence-corrected chi connectivity index (χ3v) is 4.48. The van der Waals surface area contributed by atoms with Crippen LogP contribution in [0.2, 0.25) is 5.02 Å². The van der Waals surface area contributed by atoms with E-state index in [0.29, 0.717) is 11.1 Å². The van der Waals surface area contributed by atoms with Gasteiger partial charge < -0.3 is 14.6 Å². The Hall–Kier alpha value is -2.25. The molecule has 0 saturated carbocycles. The van der Waals surface area contributed by atoms with E-state index in [-0.39, 0.29) is 30.4 Å². The van der Waals surface area contributed by atoms with Gasteiger partial charge in [-0.05, 0) is 29.7 Å². The molecule has 3 rings (SSSR count). The number of hydrogen-bond acceptors (Lipinski definition) is 3. The molecule has 144 valence electrons. The molecule has 1 N–H and O–H groups in total. The van der Waals surface area contributed by atoms with Crippen molar-refractivity contribution in [3.05, 3.63) is 64.2 Å². The summed E-state index contributed by atoms with van der Waals surface area (Å²) in [5, 5.41) is 9.45. The van der Waals surface area contributed by atoms with Crippen LogP contribution in [0, 0.1) is 5.92 Å². The third kappa shape index (κ3) is 4.54. The largest absolute Gasteiger partial charge is 0.481 e. The van der Waals surface area contributed by atoms with Crippen molar-refractivity contribution >= 4 is 17.6 Å². The molecule has 1 aliphatic heterocycles. The highest BCUT2D eigenvalue weighted by Crippen LogP contribution is 2.41. The first-order chi connectivity index (χ1) is 12.8. The molecule has 0 aromatic heterocycles. The molecule has 0 bridgehead atoms. The fourth-order valence-corrected chi connectivity index (χ4v) is 3.30. The van der Waals surface area contributed by atoms with Crippen LogP contribution < -0.4 is 4.74 Å². The number of rotatable bonds is 5. The molecule has 2 unspecified atom stereocenters. The van der Waals surface area contributed by atoms with E-state index in [1.54, 1.807) is 0 Å². The summed E-state index contributed by atoms with van der Waals surface area (Å²) in [6.07, 6.45) is -7.54. The van der Waals surface area contributed by atoms with Gasteiger partial charge in [0.15, 0.2) is 0 Å². The van der Waals surface area contributed by atoms with Gasteiger partial charge in [-0.2, -0.15) is 13.2 Å². The second-order valence-electron chi connectivity index (χ2n) is 6.26. The Kier molecular flexibility index (Phi) is 5.62. The van der Waals surface area contributed by atoms with E-state index in [1.807, 2.05) is 30.3 Å². The number of alkyl halides is 3. The van der Waals surface area contributed by atoms with Crippen LogP contribution in [0.1, 0.15) is 16.7 Å². The van der Waals surface area contributed by atoms with Crippen LogP contribution in [0.25, 0.3) is 0 Å². The number of carbonyl (C=O) groups is 1. The average molecular weight is 401 g/mol. The Balaban J connectivity index is 1.84. The van der Waals surface area contributed by atoms with Gasteiger partial charge in [0.25, 0.3) is 0 Å². The van der Waals surface area contributed by atoms with E-state index < -0.39 is 24.2 Å². The highest BCUT2D eigenvalue weighted by atomic mass is 35.5. The summed E-state index contributed by atoms with van der Waals surface area (Å²) >= 11 is 6.05. The molecule has 2 aromatic carbocycles. The lowest BCUT2D eigenvalue weighted by molar-refractivity contribution is -0.217. The fourth-order valence-electron chi connectivity index (χ4n) is 3.04. The van der Waals surface area contributed by atoms with E-state index in [0.717, 1.165) is 5.56 Å². The molecule has 0 radical (unpaired) electrons. The number of benzene rings is 2. The first-order valence-electron chi connectivity index (χ1n) is 8.15. The zero-order valence-electron chi connectivity index (χ0n) is 14.0. The molecule has 0 fully saturated rings. The number of ether oxygens (including phenoxy) is 2. The molecule has 0 amide bonds. The van der Waals surface area contributed by atoms with Crippen LogP contribution in [0.15, 0.2) is 42.5 Å². The molecule has 2 atom stereocenters. The second kappa shape index (κ2) is 7.78. The number of aliphatic carboxylic acids is 1. The molecule has 0 spiro atoms. The Morgan fingerprint density at radius 2 is 1.93 bits per heavy atom. The van der Waals surface area contributed by atoms with Crippen LogP contribution in [0.4, 0.5) is 13.2 Å². The number of carboxylic acids is 1. The van der Waals surface area contributed by atoms with Crippen molar-refractivity contribution in [2.24, 2.45) is 5.92 Å². The Morgan fingerprint density at radius 1 is 1.22 bits per heavy atom. The van der Waals surface area contributed by atoms with Gasteiger partial charge in [0.2, 0.25) is 6.10 Å². The summed E-state index contributed by atoms with van der Waals surface area (Å²) in [6.45, 7) is 0.253. The molecule has 8 heteroatoms. The van der Waals surface area contributed by atoms with Crippen molar-refractivity contribution in [3.8, 4) is 5.75 Å². The predicted molar refractivity (Wildman–Crippen MR) is 91.7 cm³/mol. The highest BCUT2D eigenvalue weighted by molar-refractivity contribution is 6.30. The van der Waals surface area contributed by atoms with Gasteiger partial charge in [-0.25, -0.2) is 0 Å². The summed E-state index contributed by atoms with van der Waals surface area (Å²) in [5.74, 6) is -3.30. The van der Waals surface area contributed by atoms with Gasteiger partial charge in [0.1, 0.15) is 11.7 Å². The lowest BCUT2D eigenvalue weighted by Crippen LogP contribution is -2.47. The maximum absolute atomic E-state index is 13.3. The van der Waals surface area contributed by atoms with Crippen molar-refractivity contribution in [1.82, 2.24) is 0 Å². The van der Waals surface area contributed by atoms with Gasteiger partial charge in [-0.1, -0.05) is 41.9 Å². The van der Waals surface area contributed by atoms with E-state index in [4.69, 9.17) is 26.2 Å². The quantitative estimate of drug-likeness (QED) is 0.795. The number of carboxylic acid groups (broad SMARTS) is 1. The zero-order chi connectivity index (χ0) is 19.6. The molecule has 1 aliphatic rings. The van der Waals surface area contributed by atoms with Crippen LogP contribution >= 0.6 is 11.6 Å². The van der Waals surface area contributed by atoms with Crippen LogP contribution in [-0.4, -0.2) is 23.4 Å². The molecule has 0 saturated heterocycles. The molecular weight excluding hydrogens is 385 g/mol. The summed E-state index contributed by atoms with van der Waals surface area (Å²) in [6, 6.07) is 12.2. The van der Waals surface area contributed by atoms with Gasteiger partial charge in [0, 0.05) is 10.6 Å². The minimum atomic E-state index is -4.80. The highest BCUT2D eigenvalue weighted by Gasteiger charge is 2.52. The predicted octanol–water partition coefficient (Wildman–Crippen LogP) is 4.62. The Labute approximate surface area is 158 Å². The smallest absolute Gasteiger partial charge is 0.426 e. The lowest BCUT2D eigenvalue weighted by atomic mass is 9.89. The van der Waals surface area contributed by atoms with Crippen molar-refractivity contribution in [2.75, 3.05) is 0 Å². The minimum Gasteiger partial charge on any atom is -0.481 e. The van der Waals surface area contributed by atoms with Gasteiger partial charge in [0.05, 0.1) is 13.2 Å². The topological polar surface area (TPSA) is 55.8 Å². The van der Waals surface area contributed by atoms with E-state index in [1.165, 1.54) is 12.1 Å². The zero-order valence-corrected chi connectivity index (χ0v) is 14.8. The van der Waals surface area contributed by atoms with Crippen molar-refractivity contribution in [1.29, 1.82) is 0 Å². The number of hydrogen-bond donors (Lipinski definition) is 1. The molecule has 27 heavy (non-hydrogen) atoms. The maximum atomic E-state index is 13.3. The van der Waals surface area contributed by atoms with Crippen molar-refractivity contribution in [2.45, 2.75) is 31.9 Å². The van der Waals surface area contributed by atoms with Crippen molar-refractivity contribution < 1.29 is 32.5 Å². The Morgan fingerprint density at radius 3 is 2.56 bits per heavy atom. The van der Waals surface area contributed by atoms with Gasteiger partial charge in [-0.15, -0.1) is 0 Å². The molecule has 2 aromatic rings. The number of fused-ring (bicyclic) bond motifs is 1. The van der Waals surface area contributed by atoms with Crippen LogP contribution in [0.5, 0.6) is 5.75 Å². The monoisotopic (exact) mass is 400 g/mol. The first kappa shape index (κ1) is 19.5. The van der Waals surface area contributed by atoms with Crippen LogP contribution in [0.3, 0.4) is 0 Å². The average Bonchev–Trinajstić information content (AvgIpc) is 2.60.